The van der Waals surface area contributed by atoms with Crippen molar-refractivity contribution in [3.05, 3.63) is 65.4 Å². The van der Waals surface area contributed by atoms with Gasteiger partial charge in [-0.05, 0) is 61.7 Å². The number of amides is 6. The first kappa shape index (κ1) is 22.7. The zero-order chi connectivity index (χ0) is 24.4. The van der Waals surface area contributed by atoms with Gasteiger partial charge in [0.1, 0.15) is 11.7 Å². The minimum Gasteiger partial charge on any atom is -0.351 e. The second kappa shape index (κ2) is 9.18. The third-order valence-corrected chi connectivity index (χ3v) is 5.64. The molecule has 2 aromatic rings. The zero-order valence-corrected chi connectivity index (χ0v) is 18.6. The predicted octanol–water partition coefficient (Wildman–Crippen LogP) is 2.42. The molecular formula is C24H23N5O5. The number of aryl methyl sites for hydroxylation is 2. The van der Waals surface area contributed by atoms with Crippen LogP contribution in [0.3, 0.4) is 0 Å². The van der Waals surface area contributed by atoms with Crippen LogP contribution in [0.15, 0.2) is 54.2 Å². The van der Waals surface area contributed by atoms with Gasteiger partial charge in [-0.1, -0.05) is 12.1 Å². The van der Waals surface area contributed by atoms with Gasteiger partial charge in [0.2, 0.25) is 11.8 Å². The van der Waals surface area contributed by atoms with Gasteiger partial charge in [0.05, 0.1) is 0 Å². The van der Waals surface area contributed by atoms with Gasteiger partial charge in [-0.15, -0.1) is 0 Å². The van der Waals surface area contributed by atoms with Crippen LogP contribution in [-0.2, 0) is 19.2 Å². The first-order valence-corrected chi connectivity index (χ1v) is 10.7. The molecule has 1 saturated heterocycles. The van der Waals surface area contributed by atoms with Crippen LogP contribution < -0.4 is 21.3 Å². The third-order valence-electron chi connectivity index (χ3n) is 5.64. The fourth-order valence-electron chi connectivity index (χ4n) is 3.74. The molecule has 10 heteroatoms. The average molecular weight is 461 g/mol. The summed E-state index contributed by atoms with van der Waals surface area (Å²) in [5.41, 5.74) is 3.75. The van der Waals surface area contributed by atoms with E-state index in [4.69, 9.17) is 0 Å². The fourth-order valence-corrected chi connectivity index (χ4v) is 3.74. The highest BCUT2D eigenvalue weighted by Gasteiger charge is 2.42. The highest BCUT2D eigenvalue weighted by molar-refractivity contribution is 6.20. The maximum atomic E-state index is 12.8. The van der Waals surface area contributed by atoms with E-state index < -0.39 is 35.7 Å². The van der Waals surface area contributed by atoms with Crippen LogP contribution >= 0.6 is 0 Å². The molecule has 4 rings (SSSR count). The Morgan fingerprint density at radius 1 is 0.941 bits per heavy atom. The third kappa shape index (κ3) is 4.80. The van der Waals surface area contributed by atoms with E-state index in [1.54, 1.807) is 24.3 Å². The lowest BCUT2D eigenvalue weighted by atomic mass is 10.0. The van der Waals surface area contributed by atoms with Gasteiger partial charge in [-0.25, -0.2) is 4.79 Å². The summed E-state index contributed by atoms with van der Waals surface area (Å²) < 4.78 is 0. The topological polar surface area (TPSA) is 137 Å². The molecule has 0 aliphatic carbocycles. The Bertz CT molecular complexity index is 1250. The molecule has 174 valence electrons. The molecule has 0 aromatic heterocycles. The number of hydrogen-bond donors (Lipinski definition) is 4. The molecule has 1 atom stereocenters. The molecule has 2 aliphatic rings. The molecule has 2 aromatic carbocycles. The summed E-state index contributed by atoms with van der Waals surface area (Å²) in [6.07, 6.45) is 1.24. The normalized spacial score (nSPS) is 17.9. The molecule has 0 bridgehead atoms. The summed E-state index contributed by atoms with van der Waals surface area (Å²) in [6.45, 7) is 3.94. The van der Waals surface area contributed by atoms with Crippen LogP contribution in [0.25, 0.3) is 0 Å². The molecule has 34 heavy (non-hydrogen) atoms. The van der Waals surface area contributed by atoms with E-state index in [0.717, 1.165) is 22.1 Å². The number of rotatable bonds is 5. The summed E-state index contributed by atoms with van der Waals surface area (Å²) in [5.74, 6) is -2.40. The first-order valence-electron chi connectivity index (χ1n) is 10.7. The summed E-state index contributed by atoms with van der Waals surface area (Å²) >= 11 is 0. The van der Waals surface area contributed by atoms with Crippen LogP contribution in [0.4, 0.5) is 21.9 Å². The number of nitrogens with zero attached hydrogens (tertiary/aromatic N) is 1. The van der Waals surface area contributed by atoms with E-state index in [1.807, 2.05) is 32.0 Å². The average Bonchev–Trinajstić information content (AvgIpc) is 3.04. The monoisotopic (exact) mass is 461 g/mol. The minimum absolute atomic E-state index is 0.00793. The highest BCUT2D eigenvalue weighted by Crippen LogP contribution is 2.24. The van der Waals surface area contributed by atoms with Crippen LogP contribution in [0, 0.1) is 13.8 Å². The number of urea groups is 1. The molecule has 2 aliphatic heterocycles. The smallest absolute Gasteiger partial charge is 0.323 e. The molecule has 6 amide bonds. The lowest BCUT2D eigenvalue weighted by Gasteiger charge is -2.28. The molecule has 4 N–H and O–H groups in total. The van der Waals surface area contributed by atoms with E-state index in [1.165, 1.54) is 0 Å². The van der Waals surface area contributed by atoms with Crippen molar-refractivity contribution in [1.82, 2.24) is 10.2 Å². The largest absolute Gasteiger partial charge is 0.351 e. The zero-order valence-electron chi connectivity index (χ0n) is 18.6. The Labute approximate surface area is 195 Å². The Morgan fingerprint density at radius 3 is 2.35 bits per heavy atom. The molecule has 2 heterocycles. The summed E-state index contributed by atoms with van der Waals surface area (Å²) in [5, 5.41) is 10.5. The number of nitrogens with one attached hydrogen (secondary N) is 4. The lowest BCUT2D eigenvalue weighted by Crippen LogP contribution is -2.54. The van der Waals surface area contributed by atoms with Crippen molar-refractivity contribution < 1.29 is 24.0 Å². The second-order valence-corrected chi connectivity index (χ2v) is 8.12. The van der Waals surface area contributed by atoms with E-state index in [-0.39, 0.29) is 18.5 Å². The summed E-state index contributed by atoms with van der Waals surface area (Å²) in [7, 11) is 0. The Hall–Kier alpha value is -4.47. The minimum atomic E-state index is -1.03. The number of piperidine rings is 1. The molecule has 1 unspecified atom stereocenters. The molecular weight excluding hydrogens is 438 g/mol. The second-order valence-electron chi connectivity index (χ2n) is 8.12. The Kier molecular flexibility index (Phi) is 6.13. The maximum absolute atomic E-state index is 12.8. The van der Waals surface area contributed by atoms with Crippen LogP contribution in [0.1, 0.15) is 24.0 Å². The molecule has 1 fully saturated rings. The van der Waals surface area contributed by atoms with Crippen molar-refractivity contribution in [1.29, 1.82) is 0 Å². The quantitative estimate of drug-likeness (QED) is 0.505. The van der Waals surface area contributed by atoms with Gasteiger partial charge < -0.3 is 16.0 Å². The van der Waals surface area contributed by atoms with Crippen LogP contribution in [0.5, 0.6) is 0 Å². The van der Waals surface area contributed by atoms with E-state index >= 15 is 0 Å². The summed E-state index contributed by atoms with van der Waals surface area (Å²) in [6, 6.07) is 10.8. The number of carbonyl (C=O) groups excluding carboxylic acids is 5. The molecule has 0 saturated carbocycles. The van der Waals surface area contributed by atoms with Gasteiger partial charge >= 0.3 is 6.03 Å². The van der Waals surface area contributed by atoms with Gasteiger partial charge in [-0.3, -0.25) is 29.4 Å². The Morgan fingerprint density at radius 2 is 1.65 bits per heavy atom. The van der Waals surface area contributed by atoms with Crippen molar-refractivity contribution >= 4 is 46.7 Å². The maximum Gasteiger partial charge on any atom is 0.323 e. The van der Waals surface area contributed by atoms with E-state index in [9.17, 15) is 24.0 Å². The lowest BCUT2D eigenvalue weighted by molar-refractivity contribution is -0.149. The van der Waals surface area contributed by atoms with Crippen molar-refractivity contribution in [2.75, 3.05) is 16.0 Å². The van der Waals surface area contributed by atoms with Gasteiger partial charge in [0.15, 0.2) is 0 Å². The highest BCUT2D eigenvalue weighted by atomic mass is 16.2. The Balaban J connectivity index is 1.40. The number of anilines is 3. The SMILES string of the molecule is Cc1ccc(NC(=O)Nc2cccc(NC3=CC(=O)N(C4CCC(=O)NC4=O)C3=O)c2)cc1C. The van der Waals surface area contributed by atoms with Crippen LogP contribution in [-0.4, -0.2) is 40.6 Å². The van der Waals surface area contributed by atoms with Crippen molar-refractivity contribution in [3.63, 3.8) is 0 Å². The number of carbonyl (C=O) groups is 5. The van der Waals surface area contributed by atoms with E-state index in [0.29, 0.717) is 17.1 Å². The molecule has 0 spiro atoms. The van der Waals surface area contributed by atoms with Crippen molar-refractivity contribution in [2.45, 2.75) is 32.7 Å². The van der Waals surface area contributed by atoms with Crippen LogP contribution in [0.2, 0.25) is 0 Å². The van der Waals surface area contributed by atoms with Gasteiger partial charge in [0, 0.05) is 29.6 Å². The predicted molar refractivity (Wildman–Crippen MR) is 125 cm³/mol. The standard InChI is InChI=1S/C24H23N5O5/c1-13-6-7-17(10-14(13)2)27-24(34)26-16-5-3-4-15(11-16)25-18-12-21(31)29(23(18)33)19-8-9-20(30)28-22(19)32/h3-7,10-12,19,25H,8-9H2,1-2H3,(H2,26,27,34)(H,28,30,32). The summed E-state index contributed by atoms with van der Waals surface area (Å²) in [4.78, 5) is 61.9. The van der Waals surface area contributed by atoms with Crippen molar-refractivity contribution in [3.8, 4) is 0 Å². The number of benzene rings is 2. The number of hydrogen-bond acceptors (Lipinski definition) is 6. The van der Waals surface area contributed by atoms with Gasteiger partial charge in [0.25, 0.3) is 11.8 Å². The molecule has 0 radical (unpaired) electrons. The number of imide groups is 2. The first-order chi connectivity index (χ1) is 16.2. The van der Waals surface area contributed by atoms with Crippen molar-refractivity contribution in [2.24, 2.45) is 0 Å². The van der Waals surface area contributed by atoms with Gasteiger partial charge in [-0.2, -0.15) is 0 Å². The molecule has 10 nitrogen and oxygen atoms in total. The van der Waals surface area contributed by atoms with E-state index in [2.05, 4.69) is 21.3 Å². The fraction of sp³-hybridized carbons (Fsp3) is 0.208.